The van der Waals surface area contributed by atoms with Crippen molar-refractivity contribution in [3.63, 3.8) is 0 Å². The maximum Gasteiger partial charge on any atom is 0.236 e. The second-order valence-electron chi connectivity index (χ2n) is 6.17. The highest BCUT2D eigenvalue weighted by molar-refractivity contribution is 7.13. The van der Waals surface area contributed by atoms with Crippen molar-refractivity contribution in [2.75, 3.05) is 13.2 Å². The molecule has 4 rings (SSSR count). The van der Waals surface area contributed by atoms with Crippen molar-refractivity contribution in [1.82, 2.24) is 9.88 Å². The summed E-state index contributed by atoms with van der Waals surface area (Å²) >= 11 is 1.59. The van der Waals surface area contributed by atoms with Gasteiger partial charge in [0.1, 0.15) is 5.76 Å². The predicted molar refractivity (Wildman–Crippen MR) is 87.3 cm³/mol. The van der Waals surface area contributed by atoms with E-state index in [0.29, 0.717) is 25.5 Å². The Balaban J connectivity index is 1.50. The van der Waals surface area contributed by atoms with Gasteiger partial charge in [-0.25, -0.2) is 4.98 Å². The summed E-state index contributed by atoms with van der Waals surface area (Å²) in [7, 11) is 0. The number of fused-ring (bicyclic) bond motifs is 1. The van der Waals surface area contributed by atoms with Crippen LogP contribution in [0.5, 0.6) is 0 Å². The zero-order chi connectivity index (χ0) is 15.8. The van der Waals surface area contributed by atoms with Gasteiger partial charge >= 0.3 is 0 Å². The Morgan fingerprint density at radius 1 is 1.48 bits per heavy atom. The van der Waals surface area contributed by atoms with Gasteiger partial charge in [-0.1, -0.05) is 6.07 Å². The van der Waals surface area contributed by atoms with Gasteiger partial charge < -0.3 is 14.1 Å². The number of carbonyl (C=O) groups excluding carboxylic acids is 1. The summed E-state index contributed by atoms with van der Waals surface area (Å²) in [4.78, 5) is 20.3. The Bertz CT molecular complexity index is 695. The maximum atomic E-state index is 12.7. The minimum Gasteiger partial charge on any atom is -0.440 e. The second kappa shape index (κ2) is 6.09. The van der Waals surface area contributed by atoms with Crippen LogP contribution in [0.1, 0.15) is 30.7 Å². The van der Waals surface area contributed by atoms with Gasteiger partial charge in [0.15, 0.2) is 0 Å². The van der Waals surface area contributed by atoms with Crippen molar-refractivity contribution in [3.8, 4) is 10.8 Å². The van der Waals surface area contributed by atoms with E-state index in [1.165, 1.54) is 0 Å². The van der Waals surface area contributed by atoms with E-state index in [9.17, 15) is 4.79 Å². The number of carbonyl (C=O) groups is 1. The van der Waals surface area contributed by atoms with Crippen molar-refractivity contribution >= 4 is 17.2 Å². The van der Waals surface area contributed by atoms with E-state index < -0.39 is 0 Å². The van der Waals surface area contributed by atoms with Gasteiger partial charge in [0, 0.05) is 6.54 Å². The van der Waals surface area contributed by atoms with Crippen LogP contribution in [0.4, 0.5) is 0 Å². The standard InChI is InChI=1S/C17H20N2O3S/c1-11-12(18-17(22-11)15-6-3-9-23-15)10-16(20)19-7-8-21-14-5-2-4-13(14)19/h3,6,9,13-14H,2,4-5,7-8,10H2,1H3/t13-,14+/m0/s1. The molecule has 2 aromatic rings. The van der Waals surface area contributed by atoms with E-state index >= 15 is 0 Å². The minimum absolute atomic E-state index is 0.138. The van der Waals surface area contributed by atoms with Crippen LogP contribution in [0.3, 0.4) is 0 Å². The molecular weight excluding hydrogens is 312 g/mol. The van der Waals surface area contributed by atoms with E-state index in [2.05, 4.69) is 4.98 Å². The van der Waals surface area contributed by atoms with Crippen molar-refractivity contribution < 1.29 is 13.9 Å². The number of morpholine rings is 1. The summed E-state index contributed by atoms with van der Waals surface area (Å²) in [6, 6.07) is 4.20. The highest BCUT2D eigenvalue weighted by Crippen LogP contribution is 2.31. The number of hydrogen-bond acceptors (Lipinski definition) is 5. The molecule has 3 heterocycles. The first-order valence-corrected chi connectivity index (χ1v) is 9.01. The van der Waals surface area contributed by atoms with E-state index in [1.54, 1.807) is 11.3 Å². The molecule has 5 nitrogen and oxygen atoms in total. The summed E-state index contributed by atoms with van der Waals surface area (Å²) in [5, 5.41) is 1.99. The molecule has 2 fully saturated rings. The Kier molecular flexibility index (Phi) is 3.95. The number of nitrogens with zero attached hydrogens (tertiary/aromatic N) is 2. The normalized spacial score (nSPS) is 24.0. The van der Waals surface area contributed by atoms with Gasteiger partial charge in [0.05, 0.1) is 35.7 Å². The lowest BCUT2D eigenvalue weighted by atomic mass is 10.1. The van der Waals surface area contributed by atoms with E-state index in [0.717, 1.165) is 35.6 Å². The summed E-state index contributed by atoms with van der Waals surface area (Å²) in [6.45, 7) is 3.21. The molecule has 0 bridgehead atoms. The molecule has 1 saturated heterocycles. The molecule has 6 heteroatoms. The van der Waals surface area contributed by atoms with Gasteiger partial charge in [-0.05, 0) is 37.6 Å². The molecular formula is C17H20N2O3S. The average molecular weight is 332 g/mol. The third-order valence-corrected chi connectivity index (χ3v) is 5.60. The molecule has 0 aromatic carbocycles. The first-order chi connectivity index (χ1) is 11.2. The third-order valence-electron chi connectivity index (χ3n) is 4.75. The highest BCUT2D eigenvalue weighted by atomic mass is 32.1. The fourth-order valence-corrected chi connectivity index (χ4v) is 4.23. The van der Waals surface area contributed by atoms with Crippen LogP contribution in [-0.2, 0) is 16.0 Å². The molecule has 0 N–H and O–H groups in total. The number of aromatic nitrogens is 1. The molecule has 1 amide bonds. The van der Waals surface area contributed by atoms with Gasteiger partial charge in [-0.3, -0.25) is 4.79 Å². The number of amides is 1. The van der Waals surface area contributed by atoms with E-state index in [4.69, 9.17) is 9.15 Å². The SMILES string of the molecule is Cc1oc(-c2cccs2)nc1CC(=O)N1CCO[C@@H]2CCC[C@@H]21. The van der Waals surface area contributed by atoms with Crippen LogP contribution >= 0.6 is 11.3 Å². The third kappa shape index (κ3) is 2.81. The molecule has 2 aromatic heterocycles. The number of rotatable bonds is 3. The summed E-state index contributed by atoms with van der Waals surface area (Å²) in [5.74, 6) is 1.48. The first-order valence-electron chi connectivity index (χ1n) is 8.13. The number of aryl methyl sites for hydroxylation is 1. The largest absolute Gasteiger partial charge is 0.440 e. The molecule has 1 saturated carbocycles. The van der Waals surface area contributed by atoms with Crippen LogP contribution < -0.4 is 0 Å². The van der Waals surface area contributed by atoms with Gasteiger partial charge in [0.25, 0.3) is 0 Å². The topological polar surface area (TPSA) is 55.6 Å². The van der Waals surface area contributed by atoms with Crippen LogP contribution in [0, 0.1) is 6.92 Å². The molecule has 2 aliphatic rings. The first kappa shape index (κ1) is 14.9. The fourth-order valence-electron chi connectivity index (χ4n) is 3.58. The Hall–Kier alpha value is -1.66. The molecule has 1 aliphatic carbocycles. The lowest BCUT2D eigenvalue weighted by Crippen LogP contribution is -2.51. The molecule has 23 heavy (non-hydrogen) atoms. The zero-order valence-electron chi connectivity index (χ0n) is 13.2. The van der Waals surface area contributed by atoms with Crippen molar-refractivity contribution in [1.29, 1.82) is 0 Å². The maximum absolute atomic E-state index is 12.7. The zero-order valence-corrected chi connectivity index (χ0v) is 14.0. The lowest BCUT2D eigenvalue weighted by molar-refractivity contribution is -0.143. The van der Waals surface area contributed by atoms with Crippen LogP contribution in [0.2, 0.25) is 0 Å². The second-order valence-corrected chi connectivity index (χ2v) is 7.12. The quantitative estimate of drug-likeness (QED) is 0.867. The number of oxazole rings is 1. The van der Waals surface area contributed by atoms with Gasteiger partial charge in [-0.15, -0.1) is 11.3 Å². The number of ether oxygens (including phenoxy) is 1. The minimum atomic E-state index is 0.138. The average Bonchev–Trinajstić information content (AvgIpc) is 3.27. The van der Waals surface area contributed by atoms with E-state index in [1.807, 2.05) is 29.3 Å². The molecule has 122 valence electrons. The Morgan fingerprint density at radius 2 is 2.39 bits per heavy atom. The van der Waals surface area contributed by atoms with Crippen molar-refractivity contribution in [2.24, 2.45) is 0 Å². The van der Waals surface area contributed by atoms with Crippen molar-refractivity contribution in [3.05, 3.63) is 29.0 Å². The van der Waals surface area contributed by atoms with Gasteiger partial charge in [0.2, 0.25) is 11.8 Å². The Labute approximate surface area is 139 Å². The molecule has 1 aliphatic heterocycles. The summed E-state index contributed by atoms with van der Waals surface area (Å²) < 4.78 is 11.5. The molecule has 0 unspecified atom stereocenters. The van der Waals surface area contributed by atoms with Gasteiger partial charge in [-0.2, -0.15) is 0 Å². The van der Waals surface area contributed by atoms with Crippen molar-refractivity contribution in [2.45, 2.75) is 44.8 Å². The smallest absolute Gasteiger partial charge is 0.236 e. The number of thiophene rings is 1. The lowest BCUT2D eigenvalue weighted by Gasteiger charge is -2.37. The fraction of sp³-hybridized carbons (Fsp3) is 0.529. The van der Waals surface area contributed by atoms with Crippen LogP contribution in [-0.4, -0.2) is 41.1 Å². The molecule has 0 radical (unpaired) electrons. The Morgan fingerprint density at radius 3 is 3.22 bits per heavy atom. The van der Waals surface area contributed by atoms with Crippen LogP contribution in [0.15, 0.2) is 21.9 Å². The highest BCUT2D eigenvalue weighted by Gasteiger charge is 2.38. The number of hydrogen-bond donors (Lipinski definition) is 0. The molecule has 0 spiro atoms. The summed E-state index contributed by atoms with van der Waals surface area (Å²) in [6.07, 6.45) is 3.80. The predicted octanol–water partition coefficient (Wildman–Crippen LogP) is 3.03. The van der Waals surface area contributed by atoms with Crippen LogP contribution in [0.25, 0.3) is 10.8 Å². The monoisotopic (exact) mass is 332 g/mol. The molecule has 2 atom stereocenters. The summed E-state index contributed by atoms with van der Waals surface area (Å²) in [5.41, 5.74) is 0.749. The van der Waals surface area contributed by atoms with E-state index in [-0.39, 0.29) is 18.1 Å².